The highest BCUT2D eigenvalue weighted by atomic mass is 32.2. The van der Waals surface area contributed by atoms with Gasteiger partial charge in [-0.1, -0.05) is 12.1 Å². The van der Waals surface area contributed by atoms with Crippen molar-refractivity contribution in [3.05, 3.63) is 60.2 Å². The number of benzene rings is 3. The number of anilines is 2. The predicted octanol–water partition coefficient (Wildman–Crippen LogP) is 2.63. The van der Waals surface area contributed by atoms with E-state index in [0.29, 0.717) is 22.3 Å². The third-order valence-corrected chi connectivity index (χ3v) is 4.52. The molecule has 3 aromatic carbocycles. The average Bonchev–Trinajstić information content (AvgIpc) is 2.54. The molecule has 0 heterocycles. The zero-order valence-electron chi connectivity index (χ0n) is 12.8. The van der Waals surface area contributed by atoms with E-state index in [0.717, 1.165) is 6.07 Å². The molecule has 128 valence electrons. The maximum absolute atomic E-state index is 12.2. The molecule has 1 amide bonds. The van der Waals surface area contributed by atoms with Gasteiger partial charge in [-0.25, -0.2) is 0 Å². The number of nitrogens with two attached hydrogens (primary N) is 1. The van der Waals surface area contributed by atoms with Crippen LogP contribution in [-0.2, 0) is 10.1 Å². The number of phenolic OH excluding ortho intramolecular Hbond substituents is 1. The maximum Gasteiger partial charge on any atom is 0.298 e. The molecule has 5 N–H and O–H groups in total. The lowest BCUT2D eigenvalue weighted by molar-refractivity contribution is 0.102. The molecule has 25 heavy (non-hydrogen) atoms. The summed E-state index contributed by atoms with van der Waals surface area (Å²) < 4.78 is 31.5. The molecule has 0 saturated carbocycles. The van der Waals surface area contributed by atoms with Gasteiger partial charge in [0.15, 0.2) is 0 Å². The molecule has 0 saturated heterocycles. The highest BCUT2D eigenvalue weighted by molar-refractivity contribution is 7.86. The molecule has 8 heteroatoms. The van der Waals surface area contributed by atoms with Crippen molar-refractivity contribution in [3.63, 3.8) is 0 Å². The van der Waals surface area contributed by atoms with Crippen LogP contribution in [0, 0.1) is 0 Å². The van der Waals surface area contributed by atoms with Crippen LogP contribution in [0.5, 0.6) is 5.75 Å². The van der Waals surface area contributed by atoms with Crippen molar-refractivity contribution in [2.75, 3.05) is 11.1 Å². The number of hydrogen-bond acceptors (Lipinski definition) is 5. The Hall–Kier alpha value is -3.10. The van der Waals surface area contributed by atoms with Crippen LogP contribution in [0.2, 0.25) is 0 Å². The lowest BCUT2D eigenvalue weighted by Gasteiger charge is -2.09. The van der Waals surface area contributed by atoms with Crippen molar-refractivity contribution >= 4 is 38.2 Å². The van der Waals surface area contributed by atoms with Gasteiger partial charge in [-0.2, -0.15) is 8.42 Å². The van der Waals surface area contributed by atoms with Gasteiger partial charge in [-0.3, -0.25) is 9.35 Å². The lowest BCUT2D eigenvalue weighted by atomic mass is 10.1. The zero-order valence-corrected chi connectivity index (χ0v) is 13.6. The van der Waals surface area contributed by atoms with Crippen LogP contribution in [-0.4, -0.2) is 24.0 Å². The summed E-state index contributed by atoms with van der Waals surface area (Å²) in [5, 5.41) is 13.5. The maximum atomic E-state index is 12.2. The smallest absolute Gasteiger partial charge is 0.298 e. The number of rotatable bonds is 3. The fraction of sp³-hybridized carbons (Fsp3) is 0. The first-order chi connectivity index (χ1) is 11.8. The van der Waals surface area contributed by atoms with Crippen molar-refractivity contribution in [2.45, 2.75) is 4.90 Å². The first-order valence-corrected chi connectivity index (χ1v) is 8.60. The monoisotopic (exact) mass is 358 g/mol. The van der Waals surface area contributed by atoms with E-state index < -0.39 is 20.8 Å². The summed E-state index contributed by atoms with van der Waals surface area (Å²) in [4.78, 5) is 11.7. The summed E-state index contributed by atoms with van der Waals surface area (Å²) in [5.41, 5.74) is 6.97. The zero-order chi connectivity index (χ0) is 18.2. The fourth-order valence-electron chi connectivity index (χ4n) is 2.46. The van der Waals surface area contributed by atoms with E-state index in [1.807, 2.05) is 0 Å². The fourth-order valence-corrected chi connectivity index (χ4v) is 3.06. The minimum Gasteiger partial charge on any atom is -0.506 e. The number of aromatic hydroxyl groups is 1. The van der Waals surface area contributed by atoms with Crippen molar-refractivity contribution in [2.24, 2.45) is 0 Å². The minimum absolute atomic E-state index is 0.233. The predicted molar refractivity (Wildman–Crippen MR) is 94.2 cm³/mol. The SMILES string of the molecule is Nc1cccc(C(=O)Nc2ccc3c(O)c(S(=O)(=O)O)ccc3c2)c1. The van der Waals surface area contributed by atoms with Gasteiger partial charge < -0.3 is 16.2 Å². The minimum atomic E-state index is -4.53. The molecule has 0 aromatic heterocycles. The normalized spacial score (nSPS) is 11.4. The van der Waals surface area contributed by atoms with Crippen molar-refractivity contribution in [1.82, 2.24) is 0 Å². The Balaban J connectivity index is 1.96. The molecule has 0 spiro atoms. The van der Waals surface area contributed by atoms with Crippen LogP contribution in [0.4, 0.5) is 11.4 Å². The number of carbonyl (C=O) groups excluding carboxylic acids is 1. The van der Waals surface area contributed by atoms with E-state index >= 15 is 0 Å². The molecule has 0 aliphatic carbocycles. The number of nitrogen functional groups attached to an aromatic ring is 1. The van der Waals surface area contributed by atoms with Crippen LogP contribution in [0.15, 0.2) is 59.5 Å². The second kappa shape index (κ2) is 6.08. The quantitative estimate of drug-likeness (QED) is 0.421. The Morgan fingerprint density at radius 1 is 1.04 bits per heavy atom. The summed E-state index contributed by atoms with van der Waals surface area (Å²) in [6.07, 6.45) is 0. The van der Waals surface area contributed by atoms with E-state index in [1.54, 1.807) is 30.3 Å². The van der Waals surface area contributed by atoms with Crippen molar-refractivity contribution in [1.29, 1.82) is 0 Å². The van der Waals surface area contributed by atoms with Crippen LogP contribution in [0.3, 0.4) is 0 Å². The molecular formula is C17H14N2O5S. The number of carbonyl (C=O) groups is 1. The van der Waals surface area contributed by atoms with Gasteiger partial charge in [0.05, 0.1) is 0 Å². The number of fused-ring (bicyclic) bond motifs is 1. The Labute approximate surface area is 143 Å². The summed E-state index contributed by atoms with van der Waals surface area (Å²) >= 11 is 0. The van der Waals surface area contributed by atoms with E-state index in [4.69, 9.17) is 10.3 Å². The Morgan fingerprint density at radius 3 is 2.48 bits per heavy atom. The molecule has 0 fully saturated rings. The van der Waals surface area contributed by atoms with Gasteiger partial charge in [0, 0.05) is 22.3 Å². The highest BCUT2D eigenvalue weighted by Gasteiger charge is 2.17. The molecule has 0 aliphatic heterocycles. The third kappa shape index (κ3) is 3.39. The molecule has 3 aromatic rings. The Kier molecular flexibility index (Phi) is 4.07. The van der Waals surface area contributed by atoms with Gasteiger partial charge in [0.25, 0.3) is 16.0 Å². The van der Waals surface area contributed by atoms with E-state index in [2.05, 4.69) is 5.32 Å². The largest absolute Gasteiger partial charge is 0.506 e. The van der Waals surface area contributed by atoms with Gasteiger partial charge >= 0.3 is 0 Å². The summed E-state index contributed by atoms with van der Waals surface area (Å²) in [6.45, 7) is 0. The molecule has 0 bridgehead atoms. The summed E-state index contributed by atoms with van der Waals surface area (Å²) in [5.74, 6) is -0.904. The molecule has 7 nitrogen and oxygen atoms in total. The summed E-state index contributed by atoms with van der Waals surface area (Å²) in [6, 6.07) is 13.6. The molecule has 3 rings (SSSR count). The van der Waals surface area contributed by atoms with E-state index in [-0.39, 0.29) is 11.3 Å². The van der Waals surface area contributed by atoms with Crippen LogP contribution in [0.1, 0.15) is 10.4 Å². The van der Waals surface area contributed by atoms with Crippen molar-refractivity contribution in [3.8, 4) is 5.75 Å². The lowest BCUT2D eigenvalue weighted by Crippen LogP contribution is -2.12. The number of hydrogen-bond donors (Lipinski definition) is 4. The van der Waals surface area contributed by atoms with Gasteiger partial charge in [0.2, 0.25) is 0 Å². The molecule has 0 aliphatic rings. The van der Waals surface area contributed by atoms with Gasteiger partial charge in [-0.05, 0) is 47.9 Å². The Morgan fingerprint density at radius 2 is 1.80 bits per heavy atom. The van der Waals surface area contributed by atoms with Crippen LogP contribution >= 0.6 is 0 Å². The van der Waals surface area contributed by atoms with Crippen molar-refractivity contribution < 1.29 is 22.9 Å². The van der Waals surface area contributed by atoms with E-state index in [1.165, 1.54) is 18.2 Å². The third-order valence-electron chi connectivity index (χ3n) is 3.64. The average molecular weight is 358 g/mol. The van der Waals surface area contributed by atoms with Crippen LogP contribution in [0.25, 0.3) is 10.8 Å². The second-order valence-electron chi connectivity index (χ2n) is 5.40. The standard InChI is InChI=1S/C17H14N2O5S/c18-12-3-1-2-11(8-12)17(21)19-13-5-6-14-10(9-13)4-7-15(16(14)20)25(22,23)24/h1-9,20H,18H2,(H,19,21)(H,22,23,24). The van der Waals surface area contributed by atoms with Crippen LogP contribution < -0.4 is 11.1 Å². The Bertz CT molecular complexity index is 1090. The molecule has 0 atom stereocenters. The van der Waals surface area contributed by atoms with Gasteiger partial charge in [0.1, 0.15) is 10.6 Å². The second-order valence-corrected chi connectivity index (χ2v) is 6.79. The summed E-state index contributed by atoms with van der Waals surface area (Å²) in [7, 11) is -4.53. The molecular weight excluding hydrogens is 344 g/mol. The highest BCUT2D eigenvalue weighted by Crippen LogP contribution is 2.33. The number of nitrogens with one attached hydrogen (secondary N) is 1. The first-order valence-electron chi connectivity index (χ1n) is 7.16. The topological polar surface area (TPSA) is 130 Å². The van der Waals surface area contributed by atoms with Gasteiger partial charge in [-0.15, -0.1) is 0 Å². The van der Waals surface area contributed by atoms with E-state index in [9.17, 15) is 18.3 Å². The molecule has 0 unspecified atom stereocenters. The molecule has 0 radical (unpaired) electrons. The first kappa shape index (κ1) is 16.7. The number of phenols is 1. The number of amides is 1.